The lowest BCUT2D eigenvalue weighted by Gasteiger charge is -2.26. The van der Waals surface area contributed by atoms with Crippen LogP contribution in [-0.2, 0) is 4.79 Å². The molecular weight excluding hydrogens is 233 g/mol. The van der Waals surface area contributed by atoms with E-state index >= 15 is 0 Å². The topological polar surface area (TPSA) is 68.0 Å². The Bertz CT molecular complexity index is 460. The van der Waals surface area contributed by atoms with Crippen molar-refractivity contribution in [2.45, 2.75) is 25.3 Å². The van der Waals surface area contributed by atoms with Crippen molar-refractivity contribution in [3.63, 3.8) is 0 Å². The molecular formula is C13H16FN3O. The molecule has 5 heteroatoms. The van der Waals surface area contributed by atoms with E-state index in [0.29, 0.717) is 17.5 Å². The number of nitrogens with zero attached hydrogens (tertiary/aromatic N) is 1. The minimum Gasteiger partial charge on any atom is -0.327 e. The smallest absolute Gasteiger partial charge is 0.229 e. The van der Waals surface area contributed by atoms with Crippen LogP contribution < -0.4 is 11.1 Å². The van der Waals surface area contributed by atoms with E-state index in [1.165, 1.54) is 18.3 Å². The third-order valence-corrected chi connectivity index (χ3v) is 4.28. The fourth-order valence-corrected chi connectivity index (χ4v) is 3.40. The SMILES string of the molecule is NC1C2CCC(C2)C1C(=O)Nc1ccc(F)nc1. The van der Waals surface area contributed by atoms with Crippen LogP contribution in [0.1, 0.15) is 19.3 Å². The number of anilines is 1. The van der Waals surface area contributed by atoms with E-state index in [0.717, 1.165) is 19.3 Å². The van der Waals surface area contributed by atoms with Gasteiger partial charge in [-0.25, -0.2) is 4.98 Å². The molecule has 1 amide bonds. The number of nitrogens with one attached hydrogen (secondary N) is 1. The summed E-state index contributed by atoms with van der Waals surface area (Å²) in [6.07, 6.45) is 4.64. The molecule has 0 radical (unpaired) electrons. The average Bonchev–Trinajstić information content (AvgIpc) is 2.92. The molecule has 2 aliphatic carbocycles. The maximum Gasteiger partial charge on any atom is 0.229 e. The van der Waals surface area contributed by atoms with Crippen molar-refractivity contribution >= 4 is 11.6 Å². The van der Waals surface area contributed by atoms with Crippen LogP contribution in [0, 0.1) is 23.7 Å². The number of pyridine rings is 1. The summed E-state index contributed by atoms with van der Waals surface area (Å²) in [6, 6.07) is 2.71. The van der Waals surface area contributed by atoms with Crippen LogP contribution in [0.25, 0.3) is 0 Å². The Morgan fingerprint density at radius 3 is 2.78 bits per heavy atom. The summed E-state index contributed by atoms with van der Waals surface area (Å²) in [7, 11) is 0. The minimum atomic E-state index is -0.551. The van der Waals surface area contributed by atoms with Gasteiger partial charge in [0, 0.05) is 6.04 Å². The molecule has 1 aromatic rings. The summed E-state index contributed by atoms with van der Waals surface area (Å²) in [5, 5.41) is 2.78. The van der Waals surface area contributed by atoms with Gasteiger partial charge in [-0.1, -0.05) is 0 Å². The number of aromatic nitrogens is 1. The van der Waals surface area contributed by atoms with Gasteiger partial charge >= 0.3 is 0 Å². The van der Waals surface area contributed by atoms with Crippen LogP contribution in [-0.4, -0.2) is 16.9 Å². The first-order chi connectivity index (χ1) is 8.65. The number of nitrogens with two attached hydrogens (primary N) is 1. The Labute approximate surface area is 105 Å². The number of fused-ring (bicyclic) bond motifs is 2. The molecule has 4 atom stereocenters. The van der Waals surface area contributed by atoms with E-state index in [4.69, 9.17) is 5.73 Å². The molecule has 1 heterocycles. The molecule has 2 fully saturated rings. The summed E-state index contributed by atoms with van der Waals surface area (Å²) in [5.41, 5.74) is 6.63. The normalized spacial score (nSPS) is 33.7. The number of hydrogen-bond acceptors (Lipinski definition) is 3. The molecule has 2 aliphatic rings. The lowest BCUT2D eigenvalue weighted by molar-refractivity contribution is -0.121. The van der Waals surface area contributed by atoms with Gasteiger partial charge in [0.1, 0.15) is 0 Å². The van der Waals surface area contributed by atoms with Crippen molar-refractivity contribution in [2.24, 2.45) is 23.5 Å². The molecule has 2 bridgehead atoms. The average molecular weight is 249 g/mol. The molecule has 1 aromatic heterocycles. The Kier molecular flexibility index (Phi) is 2.78. The second-order valence-corrected chi connectivity index (χ2v) is 5.30. The third-order valence-electron chi connectivity index (χ3n) is 4.28. The molecule has 4 unspecified atom stereocenters. The quantitative estimate of drug-likeness (QED) is 0.781. The van der Waals surface area contributed by atoms with Gasteiger partial charge in [-0.3, -0.25) is 4.79 Å². The van der Waals surface area contributed by atoms with Gasteiger partial charge in [0.05, 0.1) is 17.8 Å². The lowest BCUT2D eigenvalue weighted by Crippen LogP contribution is -2.42. The van der Waals surface area contributed by atoms with Crippen molar-refractivity contribution in [2.75, 3.05) is 5.32 Å². The number of amides is 1. The van der Waals surface area contributed by atoms with E-state index < -0.39 is 5.95 Å². The second-order valence-electron chi connectivity index (χ2n) is 5.30. The predicted molar refractivity (Wildman–Crippen MR) is 65.1 cm³/mol. The fourth-order valence-electron chi connectivity index (χ4n) is 3.40. The molecule has 4 nitrogen and oxygen atoms in total. The van der Waals surface area contributed by atoms with Crippen molar-refractivity contribution in [1.82, 2.24) is 4.98 Å². The molecule has 0 saturated heterocycles. The number of halogens is 1. The Morgan fingerprint density at radius 2 is 2.17 bits per heavy atom. The first-order valence-corrected chi connectivity index (χ1v) is 6.33. The number of carbonyl (C=O) groups is 1. The highest BCUT2D eigenvalue weighted by atomic mass is 19.1. The Balaban J connectivity index is 1.70. The van der Waals surface area contributed by atoms with Gasteiger partial charge in [-0.05, 0) is 43.2 Å². The zero-order valence-corrected chi connectivity index (χ0v) is 9.97. The zero-order valence-electron chi connectivity index (χ0n) is 9.97. The summed E-state index contributed by atoms with van der Waals surface area (Å²) in [6.45, 7) is 0. The predicted octanol–water partition coefficient (Wildman–Crippen LogP) is 1.53. The maximum absolute atomic E-state index is 12.7. The summed E-state index contributed by atoms with van der Waals surface area (Å²) >= 11 is 0. The number of rotatable bonds is 2. The highest BCUT2D eigenvalue weighted by Gasteiger charge is 2.49. The van der Waals surface area contributed by atoms with Crippen LogP contribution in [0.3, 0.4) is 0 Å². The second kappa shape index (κ2) is 4.31. The summed E-state index contributed by atoms with van der Waals surface area (Å²) in [5.74, 6) is 0.206. The monoisotopic (exact) mass is 249 g/mol. The van der Waals surface area contributed by atoms with Crippen molar-refractivity contribution in [3.8, 4) is 0 Å². The molecule has 0 aliphatic heterocycles. The summed E-state index contributed by atoms with van der Waals surface area (Å²) < 4.78 is 12.7. The Morgan fingerprint density at radius 1 is 1.39 bits per heavy atom. The van der Waals surface area contributed by atoms with Crippen LogP contribution in [0.5, 0.6) is 0 Å². The van der Waals surface area contributed by atoms with E-state index in [-0.39, 0.29) is 17.9 Å². The molecule has 0 spiro atoms. The van der Waals surface area contributed by atoms with E-state index in [1.54, 1.807) is 0 Å². The number of hydrogen-bond donors (Lipinski definition) is 2. The van der Waals surface area contributed by atoms with Crippen molar-refractivity contribution < 1.29 is 9.18 Å². The molecule has 96 valence electrons. The fraction of sp³-hybridized carbons (Fsp3) is 0.538. The van der Waals surface area contributed by atoms with Crippen LogP contribution in [0.2, 0.25) is 0 Å². The van der Waals surface area contributed by atoms with E-state index in [2.05, 4.69) is 10.3 Å². The standard InChI is InChI=1S/C13H16FN3O/c14-10-4-3-9(6-16-10)17-13(18)11-7-1-2-8(5-7)12(11)15/h3-4,6-8,11-12H,1-2,5,15H2,(H,17,18). The lowest BCUT2D eigenvalue weighted by atomic mass is 9.84. The molecule has 0 aromatic carbocycles. The minimum absolute atomic E-state index is 0.0304. The highest BCUT2D eigenvalue weighted by molar-refractivity contribution is 5.93. The molecule has 3 N–H and O–H groups in total. The van der Waals surface area contributed by atoms with Gasteiger partial charge in [0.25, 0.3) is 0 Å². The van der Waals surface area contributed by atoms with Crippen molar-refractivity contribution in [3.05, 3.63) is 24.3 Å². The maximum atomic E-state index is 12.7. The van der Waals surface area contributed by atoms with Gasteiger partial charge in [-0.2, -0.15) is 4.39 Å². The Hall–Kier alpha value is -1.49. The van der Waals surface area contributed by atoms with Gasteiger partial charge in [-0.15, -0.1) is 0 Å². The van der Waals surface area contributed by atoms with E-state index in [9.17, 15) is 9.18 Å². The van der Waals surface area contributed by atoms with Crippen LogP contribution >= 0.6 is 0 Å². The first-order valence-electron chi connectivity index (χ1n) is 6.33. The van der Waals surface area contributed by atoms with Crippen LogP contribution in [0.4, 0.5) is 10.1 Å². The molecule has 2 saturated carbocycles. The van der Waals surface area contributed by atoms with Gasteiger partial charge < -0.3 is 11.1 Å². The largest absolute Gasteiger partial charge is 0.327 e. The van der Waals surface area contributed by atoms with Crippen molar-refractivity contribution in [1.29, 1.82) is 0 Å². The third kappa shape index (κ3) is 1.88. The van der Waals surface area contributed by atoms with Crippen LogP contribution in [0.15, 0.2) is 18.3 Å². The van der Waals surface area contributed by atoms with Gasteiger partial charge in [0.2, 0.25) is 11.9 Å². The molecule has 3 rings (SSSR count). The first kappa shape index (κ1) is 11.6. The summed E-state index contributed by atoms with van der Waals surface area (Å²) in [4.78, 5) is 15.7. The molecule has 18 heavy (non-hydrogen) atoms. The zero-order chi connectivity index (χ0) is 12.7. The van der Waals surface area contributed by atoms with Gasteiger partial charge in [0.15, 0.2) is 0 Å². The van der Waals surface area contributed by atoms with E-state index in [1.807, 2.05) is 0 Å². The number of carbonyl (C=O) groups excluding carboxylic acids is 1. The highest BCUT2D eigenvalue weighted by Crippen LogP contribution is 2.47.